The summed E-state index contributed by atoms with van der Waals surface area (Å²) >= 11 is 0. The smallest absolute Gasteiger partial charge is 0.253 e. The van der Waals surface area contributed by atoms with Crippen LogP contribution in [0, 0.1) is 5.92 Å². The van der Waals surface area contributed by atoms with Crippen LogP contribution in [0.15, 0.2) is 24.7 Å². The van der Waals surface area contributed by atoms with E-state index in [2.05, 4.69) is 29.2 Å². The van der Waals surface area contributed by atoms with E-state index in [0.717, 1.165) is 17.7 Å². The Morgan fingerprint density at radius 2 is 2.19 bits per heavy atom. The lowest BCUT2D eigenvalue weighted by molar-refractivity contribution is -0.136. The van der Waals surface area contributed by atoms with Crippen molar-refractivity contribution in [3.8, 4) is 0 Å². The number of aryl methyl sites for hydroxylation is 1. The highest BCUT2D eigenvalue weighted by molar-refractivity contribution is 5.95. The van der Waals surface area contributed by atoms with Crippen molar-refractivity contribution in [1.82, 2.24) is 25.0 Å². The van der Waals surface area contributed by atoms with Gasteiger partial charge in [-0.3, -0.25) is 14.3 Å². The Labute approximate surface area is 153 Å². The van der Waals surface area contributed by atoms with Gasteiger partial charge in [0.15, 0.2) is 0 Å². The number of H-pyrrole nitrogens is 1. The molecule has 0 bridgehead atoms. The Morgan fingerprint density at radius 3 is 2.85 bits per heavy atom. The van der Waals surface area contributed by atoms with Crippen LogP contribution in [-0.4, -0.2) is 45.1 Å². The number of nitrogens with one attached hydrogen (secondary N) is 2. The molecule has 3 rings (SSSR count). The molecule has 2 amide bonds. The van der Waals surface area contributed by atoms with Gasteiger partial charge in [-0.2, -0.15) is 5.10 Å². The molecule has 0 aromatic carbocycles. The van der Waals surface area contributed by atoms with Crippen molar-refractivity contribution in [1.29, 1.82) is 0 Å². The minimum absolute atomic E-state index is 0.0685. The zero-order valence-electron chi connectivity index (χ0n) is 15.8. The van der Waals surface area contributed by atoms with E-state index < -0.39 is 0 Å². The summed E-state index contributed by atoms with van der Waals surface area (Å²) in [6.07, 6.45) is 6.81. The summed E-state index contributed by atoms with van der Waals surface area (Å²) in [5.41, 5.74) is 2.65. The van der Waals surface area contributed by atoms with Crippen molar-refractivity contribution in [3.63, 3.8) is 0 Å². The molecule has 0 saturated carbocycles. The van der Waals surface area contributed by atoms with Crippen LogP contribution in [0.25, 0.3) is 0 Å². The SMILES string of the molecule is CC(C)c1[nH]ccc1C(=O)NC[C@H]1CCC(=O)N(C)[C@@H]1c1cnn(C)c1. The molecular weight excluding hydrogens is 330 g/mol. The second kappa shape index (κ2) is 7.35. The highest BCUT2D eigenvalue weighted by Crippen LogP contribution is 2.35. The maximum atomic E-state index is 12.6. The number of carbonyl (C=O) groups excluding carboxylic acids is 2. The number of nitrogens with zero attached hydrogens (tertiary/aromatic N) is 3. The van der Waals surface area contributed by atoms with E-state index in [4.69, 9.17) is 0 Å². The molecule has 7 heteroatoms. The third kappa shape index (κ3) is 3.52. The van der Waals surface area contributed by atoms with Crippen LogP contribution in [0.1, 0.15) is 60.3 Å². The lowest BCUT2D eigenvalue weighted by atomic mass is 9.85. The molecule has 0 unspecified atom stereocenters. The molecule has 0 radical (unpaired) electrons. The average molecular weight is 357 g/mol. The number of hydrogen-bond acceptors (Lipinski definition) is 3. The topological polar surface area (TPSA) is 83.0 Å². The first-order valence-corrected chi connectivity index (χ1v) is 9.08. The van der Waals surface area contributed by atoms with E-state index in [1.165, 1.54) is 0 Å². The molecule has 3 heterocycles. The molecule has 2 aromatic heterocycles. The lowest BCUT2D eigenvalue weighted by Crippen LogP contribution is -2.44. The van der Waals surface area contributed by atoms with Gasteiger partial charge < -0.3 is 15.2 Å². The van der Waals surface area contributed by atoms with E-state index in [1.54, 1.807) is 22.0 Å². The van der Waals surface area contributed by atoms with E-state index in [0.29, 0.717) is 18.5 Å². The quantitative estimate of drug-likeness (QED) is 0.861. The highest BCUT2D eigenvalue weighted by atomic mass is 16.2. The molecule has 2 N–H and O–H groups in total. The number of hydrogen-bond donors (Lipinski definition) is 2. The third-order valence-corrected chi connectivity index (χ3v) is 5.18. The second-order valence-electron chi connectivity index (χ2n) is 7.37. The largest absolute Gasteiger partial charge is 0.364 e. The molecule has 7 nitrogen and oxygen atoms in total. The van der Waals surface area contributed by atoms with E-state index in [-0.39, 0.29) is 29.7 Å². The van der Waals surface area contributed by atoms with Gasteiger partial charge in [-0.15, -0.1) is 0 Å². The molecule has 26 heavy (non-hydrogen) atoms. The van der Waals surface area contributed by atoms with Crippen molar-refractivity contribution >= 4 is 11.8 Å². The summed E-state index contributed by atoms with van der Waals surface area (Å²) in [4.78, 5) is 29.8. The lowest BCUT2D eigenvalue weighted by Gasteiger charge is -2.38. The van der Waals surface area contributed by atoms with Crippen molar-refractivity contribution in [2.75, 3.05) is 13.6 Å². The van der Waals surface area contributed by atoms with Gasteiger partial charge in [0.2, 0.25) is 5.91 Å². The van der Waals surface area contributed by atoms with Gasteiger partial charge in [0, 0.05) is 56.6 Å². The average Bonchev–Trinajstić information content (AvgIpc) is 3.24. The summed E-state index contributed by atoms with van der Waals surface area (Å²) in [5.74, 6) is 0.480. The third-order valence-electron chi connectivity index (χ3n) is 5.18. The minimum Gasteiger partial charge on any atom is -0.364 e. The number of carbonyl (C=O) groups is 2. The standard InChI is InChI=1S/C19H27N5O2/c1-12(2)17-15(7-8-20-17)19(26)21-9-13-5-6-16(25)24(4)18(13)14-10-22-23(3)11-14/h7-8,10-13,18,20H,5-6,9H2,1-4H3,(H,21,26)/t13-,18+/m1/s1. The van der Waals surface area contributed by atoms with Gasteiger partial charge in [0.05, 0.1) is 17.8 Å². The van der Waals surface area contributed by atoms with Gasteiger partial charge in [-0.05, 0) is 18.4 Å². The molecule has 1 aliphatic rings. The van der Waals surface area contributed by atoms with Gasteiger partial charge >= 0.3 is 0 Å². The molecule has 0 spiro atoms. The van der Waals surface area contributed by atoms with Crippen LogP contribution in [0.3, 0.4) is 0 Å². The Balaban J connectivity index is 1.73. The van der Waals surface area contributed by atoms with Crippen molar-refractivity contribution < 1.29 is 9.59 Å². The molecule has 2 atom stereocenters. The van der Waals surface area contributed by atoms with Crippen LogP contribution in [-0.2, 0) is 11.8 Å². The monoisotopic (exact) mass is 357 g/mol. The van der Waals surface area contributed by atoms with Crippen molar-refractivity contribution in [2.24, 2.45) is 13.0 Å². The van der Waals surface area contributed by atoms with Crippen LogP contribution < -0.4 is 5.32 Å². The Hall–Kier alpha value is -2.57. The zero-order valence-corrected chi connectivity index (χ0v) is 15.8. The highest BCUT2D eigenvalue weighted by Gasteiger charge is 2.35. The maximum Gasteiger partial charge on any atom is 0.253 e. The fourth-order valence-electron chi connectivity index (χ4n) is 3.79. The van der Waals surface area contributed by atoms with E-state index >= 15 is 0 Å². The summed E-state index contributed by atoms with van der Waals surface area (Å²) < 4.78 is 1.74. The van der Waals surface area contributed by atoms with E-state index in [9.17, 15) is 9.59 Å². The fourth-order valence-corrected chi connectivity index (χ4v) is 3.79. The first kappa shape index (κ1) is 18.2. The van der Waals surface area contributed by atoms with Crippen molar-refractivity contribution in [3.05, 3.63) is 41.5 Å². The molecule has 1 fully saturated rings. The minimum atomic E-state index is -0.0700. The number of piperidine rings is 1. The van der Waals surface area contributed by atoms with Crippen LogP contribution >= 0.6 is 0 Å². The maximum absolute atomic E-state index is 12.6. The number of rotatable bonds is 5. The summed E-state index contributed by atoms with van der Waals surface area (Å²) in [5, 5.41) is 7.31. The first-order valence-electron chi connectivity index (χ1n) is 9.08. The zero-order chi connectivity index (χ0) is 18.8. The van der Waals surface area contributed by atoms with Crippen LogP contribution in [0.5, 0.6) is 0 Å². The molecular formula is C19H27N5O2. The molecule has 2 aromatic rings. The predicted octanol–water partition coefficient (Wildman–Crippen LogP) is 2.21. The summed E-state index contributed by atoms with van der Waals surface area (Å²) in [6.45, 7) is 4.64. The number of likely N-dealkylation sites (tertiary alicyclic amines) is 1. The predicted molar refractivity (Wildman–Crippen MR) is 98.7 cm³/mol. The molecule has 1 saturated heterocycles. The van der Waals surface area contributed by atoms with Gasteiger partial charge in [0.25, 0.3) is 5.91 Å². The first-order chi connectivity index (χ1) is 12.4. The van der Waals surface area contributed by atoms with Crippen LogP contribution in [0.2, 0.25) is 0 Å². The Kier molecular flexibility index (Phi) is 5.15. The number of aromatic nitrogens is 3. The molecule has 0 aliphatic carbocycles. The Bertz CT molecular complexity index is 791. The van der Waals surface area contributed by atoms with Gasteiger partial charge in [0.1, 0.15) is 0 Å². The van der Waals surface area contributed by atoms with Crippen LogP contribution in [0.4, 0.5) is 0 Å². The fraction of sp³-hybridized carbons (Fsp3) is 0.526. The number of amides is 2. The second-order valence-corrected chi connectivity index (χ2v) is 7.37. The summed E-state index contributed by atoms with van der Waals surface area (Å²) in [6, 6.07) is 1.75. The summed E-state index contributed by atoms with van der Waals surface area (Å²) in [7, 11) is 3.70. The van der Waals surface area contributed by atoms with E-state index in [1.807, 2.05) is 26.4 Å². The van der Waals surface area contributed by atoms with Crippen molar-refractivity contribution in [2.45, 2.75) is 38.6 Å². The molecule has 140 valence electrons. The molecule has 1 aliphatic heterocycles. The Morgan fingerprint density at radius 1 is 1.42 bits per heavy atom. The van der Waals surface area contributed by atoms with Gasteiger partial charge in [-0.25, -0.2) is 0 Å². The number of aromatic amines is 1. The normalized spacial score (nSPS) is 20.7. The van der Waals surface area contributed by atoms with Gasteiger partial charge in [-0.1, -0.05) is 13.8 Å².